The SMILES string of the molecule is CCC(C)COc1cc(F)ccc1[C@H](C)O. The highest BCUT2D eigenvalue weighted by atomic mass is 19.1. The van der Waals surface area contributed by atoms with E-state index in [4.69, 9.17) is 4.74 Å². The molecule has 0 heterocycles. The molecule has 0 aromatic heterocycles. The van der Waals surface area contributed by atoms with Gasteiger partial charge in [0.1, 0.15) is 11.6 Å². The summed E-state index contributed by atoms with van der Waals surface area (Å²) in [6.45, 7) is 6.33. The molecule has 1 N–H and O–H groups in total. The topological polar surface area (TPSA) is 29.5 Å². The van der Waals surface area contributed by atoms with Crippen LogP contribution in [0.1, 0.15) is 38.9 Å². The van der Waals surface area contributed by atoms with Gasteiger partial charge in [-0.2, -0.15) is 0 Å². The summed E-state index contributed by atoms with van der Waals surface area (Å²) in [6, 6.07) is 4.22. The van der Waals surface area contributed by atoms with E-state index in [2.05, 4.69) is 13.8 Å². The highest BCUT2D eigenvalue weighted by molar-refractivity contribution is 5.35. The van der Waals surface area contributed by atoms with Crippen molar-refractivity contribution in [1.82, 2.24) is 0 Å². The molecule has 0 bridgehead atoms. The van der Waals surface area contributed by atoms with Gasteiger partial charge in [0.15, 0.2) is 0 Å². The molecule has 1 unspecified atom stereocenters. The lowest BCUT2D eigenvalue weighted by atomic mass is 10.1. The number of aliphatic hydroxyl groups is 1. The molecule has 0 radical (unpaired) electrons. The fraction of sp³-hybridized carbons (Fsp3) is 0.538. The number of ether oxygens (including phenoxy) is 1. The number of halogens is 1. The zero-order chi connectivity index (χ0) is 12.1. The van der Waals surface area contributed by atoms with Gasteiger partial charge in [0, 0.05) is 11.6 Å². The predicted octanol–water partition coefficient (Wildman–Crippen LogP) is 3.30. The van der Waals surface area contributed by atoms with Crippen molar-refractivity contribution in [3.63, 3.8) is 0 Å². The molecule has 0 aliphatic rings. The van der Waals surface area contributed by atoms with Gasteiger partial charge in [-0.05, 0) is 25.0 Å². The summed E-state index contributed by atoms with van der Waals surface area (Å²) < 4.78 is 18.6. The number of aliphatic hydroxyl groups excluding tert-OH is 1. The molecular weight excluding hydrogens is 207 g/mol. The predicted molar refractivity (Wildman–Crippen MR) is 62.0 cm³/mol. The lowest BCUT2D eigenvalue weighted by Crippen LogP contribution is -2.09. The Morgan fingerprint density at radius 3 is 2.62 bits per heavy atom. The molecule has 0 aliphatic carbocycles. The van der Waals surface area contributed by atoms with Crippen LogP contribution < -0.4 is 4.74 Å². The Balaban J connectivity index is 2.80. The lowest BCUT2D eigenvalue weighted by molar-refractivity contribution is 0.186. The molecule has 0 saturated heterocycles. The fourth-order valence-electron chi connectivity index (χ4n) is 1.33. The van der Waals surface area contributed by atoms with E-state index < -0.39 is 6.10 Å². The van der Waals surface area contributed by atoms with Crippen LogP contribution in [0.4, 0.5) is 4.39 Å². The Bertz CT molecular complexity index is 337. The minimum atomic E-state index is -0.646. The average Bonchev–Trinajstić information content (AvgIpc) is 2.25. The summed E-state index contributed by atoms with van der Waals surface area (Å²) in [4.78, 5) is 0. The first-order valence-electron chi connectivity index (χ1n) is 5.64. The molecule has 16 heavy (non-hydrogen) atoms. The monoisotopic (exact) mass is 226 g/mol. The van der Waals surface area contributed by atoms with E-state index in [1.54, 1.807) is 13.0 Å². The molecule has 0 amide bonds. The molecule has 1 aromatic rings. The van der Waals surface area contributed by atoms with Gasteiger partial charge in [-0.15, -0.1) is 0 Å². The third-order valence-electron chi connectivity index (χ3n) is 2.65. The minimum Gasteiger partial charge on any atom is -0.493 e. The molecule has 0 saturated carbocycles. The Morgan fingerprint density at radius 1 is 1.38 bits per heavy atom. The fourth-order valence-corrected chi connectivity index (χ4v) is 1.33. The van der Waals surface area contributed by atoms with E-state index in [0.717, 1.165) is 6.42 Å². The van der Waals surface area contributed by atoms with E-state index in [9.17, 15) is 9.50 Å². The van der Waals surface area contributed by atoms with Crippen LogP contribution in [0.25, 0.3) is 0 Å². The number of hydrogen-bond donors (Lipinski definition) is 1. The Kier molecular flexibility index (Phi) is 4.74. The first-order chi connectivity index (χ1) is 7.54. The molecule has 0 spiro atoms. The van der Waals surface area contributed by atoms with Crippen molar-refractivity contribution in [1.29, 1.82) is 0 Å². The largest absolute Gasteiger partial charge is 0.493 e. The standard InChI is InChI=1S/C13H19FO2/c1-4-9(2)8-16-13-7-11(14)5-6-12(13)10(3)15/h5-7,9-10,15H,4,8H2,1-3H3/t9?,10-/m0/s1. The summed E-state index contributed by atoms with van der Waals surface area (Å²) in [6.07, 6.45) is 0.367. The Hall–Kier alpha value is -1.09. The highest BCUT2D eigenvalue weighted by Crippen LogP contribution is 2.26. The third-order valence-corrected chi connectivity index (χ3v) is 2.65. The van der Waals surface area contributed by atoms with Crippen molar-refractivity contribution in [2.24, 2.45) is 5.92 Å². The van der Waals surface area contributed by atoms with E-state index in [1.165, 1.54) is 12.1 Å². The van der Waals surface area contributed by atoms with Crippen molar-refractivity contribution in [2.45, 2.75) is 33.3 Å². The Morgan fingerprint density at radius 2 is 2.06 bits per heavy atom. The van der Waals surface area contributed by atoms with Crippen molar-refractivity contribution >= 4 is 0 Å². The van der Waals surface area contributed by atoms with Crippen LogP contribution in [0.15, 0.2) is 18.2 Å². The number of rotatable bonds is 5. The van der Waals surface area contributed by atoms with Crippen LogP contribution in [-0.2, 0) is 0 Å². The van der Waals surface area contributed by atoms with Crippen LogP contribution in [0.2, 0.25) is 0 Å². The summed E-state index contributed by atoms with van der Waals surface area (Å²) in [7, 11) is 0. The second-order valence-corrected chi connectivity index (χ2v) is 4.18. The van der Waals surface area contributed by atoms with Crippen molar-refractivity contribution in [3.05, 3.63) is 29.6 Å². The molecule has 2 atom stereocenters. The molecule has 2 nitrogen and oxygen atoms in total. The van der Waals surface area contributed by atoms with Crippen molar-refractivity contribution in [3.8, 4) is 5.75 Å². The summed E-state index contributed by atoms with van der Waals surface area (Å²) in [5, 5.41) is 9.52. The summed E-state index contributed by atoms with van der Waals surface area (Å²) >= 11 is 0. The zero-order valence-electron chi connectivity index (χ0n) is 10.0. The molecule has 0 fully saturated rings. The molecule has 90 valence electrons. The first kappa shape index (κ1) is 13.0. The molecule has 3 heteroatoms. The maximum atomic E-state index is 13.1. The van der Waals surface area contributed by atoms with Gasteiger partial charge >= 0.3 is 0 Å². The van der Waals surface area contributed by atoms with Crippen LogP contribution in [0, 0.1) is 11.7 Å². The van der Waals surface area contributed by atoms with Gasteiger partial charge in [-0.3, -0.25) is 0 Å². The molecule has 1 aromatic carbocycles. The van der Waals surface area contributed by atoms with Gasteiger partial charge in [-0.25, -0.2) is 4.39 Å². The van der Waals surface area contributed by atoms with E-state index in [1.807, 2.05) is 0 Å². The lowest BCUT2D eigenvalue weighted by Gasteiger charge is -2.15. The molecular formula is C13H19FO2. The van der Waals surface area contributed by atoms with Gasteiger partial charge < -0.3 is 9.84 Å². The third kappa shape index (κ3) is 3.49. The van der Waals surface area contributed by atoms with Crippen molar-refractivity contribution in [2.75, 3.05) is 6.61 Å². The first-order valence-corrected chi connectivity index (χ1v) is 5.64. The summed E-state index contributed by atoms with van der Waals surface area (Å²) in [5.41, 5.74) is 0.629. The second kappa shape index (κ2) is 5.85. The van der Waals surface area contributed by atoms with Gasteiger partial charge in [0.25, 0.3) is 0 Å². The normalized spacial score (nSPS) is 14.6. The highest BCUT2D eigenvalue weighted by Gasteiger charge is 2.11. The maximum absolute atomic E-state index is 13.1. The number of hydrogen-bond acceptors (Lipinski definition) is 2. The van der Waals surface area contributed by atoms with E-state index >= 15 is 0 Å². The van der Waals surface area contributed by atoms with Gasteiger partial charge in [-0.1, -0.05) is 20.3 Å². The van der Waals surface area contributed by atoms with Crippen LogP contribution in [0.5, 0.6) is 5.75 Å². The van der Waals surface area contributed by atoms with E-state index in [0.29, 0.717) is 23.8 Å². The molecule has 0 aliphatic heterocycles. The zero-order valence-corrected chi connectivity index (χ0v) is 10.0. The quantitative estimate of drug-likeness (QED) is 0.834. The summed E-state index contributed by atoms with van der Waals surface area (Å²) in [5.74, 6) is 0.518. The minimum absolute atomic E-state index is 0.344. The van der Waals surface area contributed by atoms with E-state index in [-0.39, 0.29) is 5.82 Å². The second-order valence-electron chi connectivity index (χ2n) is 4.18. The van der Waals surface area contributed by atoms with Gasteiger partial charge in [0.2, 0.25) is 0 Å². The van der Waals surface area contributed by atoms with Crippen LogP contribution in [-0.4, -0.2) is 11.7 Å². The average molecular weight is 226 g/mol. The maximum Gasteiger partial charge on any atom is 0.128 e. The van der Waals surface area contributed by atoms with Crippen molar-refractivity contribution < 1.29 is 14.2 Å². The smallest absolute Gasteiger partial charge is 0.128 e. The van der Waals surface area contributed by atoms with Crippen LogP contribution >= 0.6 is 0 Å². The van der Waals surface area contributed by atoms with Gasteiger partial charge in [0.05, 0.1) is 12.7 Å². The van der Waals surface area contributed by atoms with Crippen LogP contribution in [0.3, 0.4) is 0 Å². The molecule has 1 rings (SSSR count). The number of benzene rings is 1. The Labute approximate surface area is 96.1 Å².